The highest BCUT2D eigenvalue weighted by atomic mass is 16.5. The number of carbonyl (C=O) groups excluding carboxylic acids is 2. The van der Waals surface area contributed by atoms with Gasteiger partial charge in [-0.2, -0.15) is 4.99 Å². The molecule has 0 saturated carbocycles. The molecule has 1 unspecified atom stereocenters. The number of pyridine rings is 1. The molecule has 1 aromatic carbocycles. The van der Waals surface area contributed by atoms with Gasteiger partial charge in [0.05, 0.1) is 43.3 Å². The third kappa shape index (κ3) is 6.14. The van der Waals surface area contributed by atoms with Gasteiger partial charge in [-0.25, -0.2) is 9.78 Å². The number of amidine groups is 1. The average molecular weight is 547 g/mol. The molecule has 3 amide bonds. The lowest BCUT2D eigenvalue weighted by molar-refractivity contribution is 0.0302. The molecule has 0 spiro atoms. The smallest absolute Gasteiger partial charge is 0.319 e. The highest BCUT2D eigenvalue weighted by Gasteiger charge is 2.36. The Morgan fingerprint density at radius 1 is 1.20 bits per heavy atom. The first-order valence-electron chi connectivity index (χ1n) is 13.2. The van der Waals surface area contributed by atoms with Crippen molar-refractivity contribution in [2.24, 2.45) is 4.99 Å². The van der Waals surface area contributed by atoms with Crippen LogP contribution in [0.2, 0.25) is 0 Å². The van der Waals surface area contributed by atoms with Gasteiger partial charge in [0.1, 0.15) is 11.5 Å². The van der Waals surface area contributed by atoms with Crippen LogP contribution in [0.1, 0.15) is 22.8 Å². The fourth-order valence-electron chi connectivity index (χ4n) is 4.75. The van der Waals surface area contributed by atoms with Crippen LogP contribution < -0.4 is 25.8 Å². The largest absolute Gasteiger partial charge is 0.383 e. The molecule has 2 aromatic rings. The molecule has 1 fully saturated rings. The zero-order chi connectivity index (χ0) is 28.1. The van der Waals surface area contributed by atoms with Crippen molar-refractivity contribution in [3.8, 4) is 0 Å². The number of hydrogen-bond donors (Lipinski definition) is 3. The first kappa shape index (κ1) is 27.3. The van der Waals surface area contributed by atoms with E-state index in [0.717, 1.165) is 22.8 Å². The standard InChI is InChI=1S/C28H34N8O4/c1-19(17-39-3)31-28(38)33-22-5-4-6-24(20(22)2)36-16-23(26-29-9-10-35(26)18-36)32-25-8-7-21(15-30-25)27(37)34-11-13-40-14-12-34/h4-10,15-16,19H,11-14,17-18H2,1-3H3,(H,30,32)(H2,31,33,38)/q+1. The van der Waals surface area contributed by atoms with E-state index in [0.29, 0.717) is 56.6 Å². The summed E-state index contributed by atoms with van der Waals surface area (Å²) < 4.78 is 10.4. The Labute approximate surface area is 233 Å². The monoisotopic (exact) mass is 546 g/mol. The number of benzene rings is 1. The molecule has 3 aliphatic heterocycles. The number of carbonyl (C=O) groups is 2. The van der Waals surface area contributed by atoms with Crippen LogP contribution in [0.4, 0.5) is 22.0 Å². The maximum Gasteiger partial charge on any atom is 0.319 e. The summed E-state index contributed by atoms with van der Waals surface area (Å²) in [5, 5.41) is 9.17. The molecule has 5 rings (SSSR count). The molecule has 12 heteroatoms. The van der Waals surface area contributed by atoms with Crippen LogP contribution in [0, 0.1) is 6.92 Å². The number of nitrogens with zero attached hydrogens (tertiary/aromatic N) is 5. The van der Waals surface area contributed by atoms with Gasteiger partial charge >= 0.3 is 11.9 Å². The van der Waals surface area contributed by atoms with Crippen molar-refractivity contribution >= 4 is 35.0 Å². The number of aromatic nitrogens is 1. The second-order valence-corrected chi connectivity index (χ2v) is 9.74. The molecule has 4 heterocycles. The maximum atomic E-state index is 12.8. The molecule has 0 bridgehead atoms. The van der Waals surface area contributed by atoms with Crippen molar-refractivity contribution in [2.45, 2.75) is 19.9 Å². The van der Waals surface area contributed by atoms with Gasteiger partial charge in [0.2, 0.25) is 6.67 Å². The van der Waals surface area contributed by atoms with E-state index in [9.17, 15) is 9.59 Å². The lowest BCUT2D eigenvalue weighted by Crippen LogP contribution is -2.46. The van der Waals surface area contributed by atoms with Gasteiger partial charge in [0.15, 0.2) is 6.20 Å². The summed E-state index contributed by atoms with van der Waals surface area (Å²) >= 11 is 0. The van der Waals surface area contributed by atoms with Crippen LogP contribution in [-0.4, -0.2) is 80.4 Å². The van der Waals surface area contributed by atoms with Crippen LogP contribution in [0.3, 0.4) is 0 Å². The first-order chi connectivity index (χ1) is 19.4. The van der Waals surface area contributed by atoms with Crippen LogP contribution >= 0.6 is 0 Å². The van der Waals surface area contributed by atoms with Crippen molar-refractivity contribution in [2.75, 3.05) is 62.2 Å². The van der Waals surface area contributed by atoms with E-state index in [1.807, 2.05) is 49.3 Å². The summed E-state index contributed by atoms with van der Waals surface area (Å²) in [6.07, 6.45) is 7.23. The normalized spacial score (nSPS) is 17.6. The predicted molar refractivity (Wildman–Crippen MR) is 153 cm³/mol. The molecule has 12 nitrogen and oxygen atoms in total. The molecule has 3 aliphatic rings. The molecule has 3 N–H and O–H groups in total. The Morgan fingerprint density at radius 3 is 2.77 bits per heavy atom. The molecule has 0 aliphatic carbocycles. The second-order valence-electron chi connectivity index (χ2n) is 9.74. The third-order valence-corrected chi connectivity index (χ3v) is 6.77. The minimum atomic E-state index is -0.292. The highest BCUT2D eigenvalue weighted by Crippen LogP contribution is 2.30. The summed E-state index contributed by atoms with van der Waals surface area (Å²) in [5.74, 6) is 1.31. The number of fused-ring (bicyclic) bond motifs is 1. The fourth-order valence-corrected chi connectivity index (χ4v) is 4.75. The van der Waals surface area contributed by atoms with Crippen molar-refractivity contribution < 1.29 is 19.1 Å². The van der Waals surface area contributed by atoms with E-state index in [-0.39, 0.29) is 18.0 Å². The number of urea groups is 1. The number of ether oxygens (including phenoxy) is 2. The lowest BCUT2D eigenvalue weighted by atomic mass is 10.1. The van der Waals surface area contributed by atoms with Gasteiger partial charge in [-0.1, -0.05) is 11.0 Å². The zero-order valence-electron chi connectivity index (χ0n) is 22.9. The van der Waals surface area contributed by atoms with E-state index in [2.05, 4.69) is 30.8 Å². The van der Waals surface area contributed by atoms with Crippen molar-refractivity contribution in [1.29, 1.82) is 0 Å². The first-order valence-corrected chi connectivity index (χ1v) is 13.2. The number of methoxy groups -OCH3 is 1. The van der Waals surface area contributed by atoms with E-state index in [1.165, 1.54) is 0 Å². The van der Waals surface area contributed by atoms with Gasteiger partial charge < -0.3 is 30.3 Å². The van der Waals surface area contributed by atoms with Crippen LogP contribution in [0.5, 0.6) is 0 Å². The number of nitrogens with one attached hydrogen (secondary N) is 3. The Balaban J connectivity index is 1.33. The van der Waals surface area contributed by atoms with Crippen LogP contribution in [0.15, 0.2) is 65.8 Å². The highest BCUT2D eigenvalue weighted by molar-refractivity contribution is 6.06. The van der Waals surface area contributed by atoms with Gasteiger partial charge in [0.25, 0.3) is 5.91 Å². The number of rotatable bonds is 8. The summed E-state index contributed by atoms with van der Waals surface area (Å²) in [6, 6.07) is 8.95. The number of morpholine rings is 1. The predicted octanol–water partition coefficient (Wildman–Crippen LogP) is 2.77. The Kier molecular flexibility index (Phi) is 8.39. The number of anilines is 3. The van der Waals surface area contributed by atoms with Gasteiger partial charge in [-0.15, -0.1) is 0 Å². The zero-order valence-corrected chi connectivity index (χ0v) is 22.9. The van der Waals surface area contributed by atoms with E-state index in [1.54, 1.807) is 36.5 Å². The molecular weight excluding hydrogens is 512 g/mol. The third-order valence-electron chi connectivity index (χ3n) is 6.77. The van der Waals surface area contributed by atoms with Gasteiger partial charge in [-0.05, 0) is 43.7 Å². The topological polar surface area (TPSA) is 126 Å². The Bertz CT molecular complexity index is 1330. The van der Waals surface area contributed by atoms with Gasteiger partial charge in [-0.3, -0.25) is 9.69 Å². The van der Waals surface area contributed by atoms with Crippen LogP contribution in [0.25, 0.3) is 0 Å². The van der Waals surface area contributed by atoms with E-state index in [4.69, 9.17) is 9.47 Å². The minimum absolute atomic E-state index is 0.0493. The van der Waals surface area contributed by atoms with Crippen LogP contribution in [-0.2, 0) is 9.47 Å². The molecule has 1 radical (unpaired) electrons. The molecule has 1 saturated heterocycles. The molecule has 1 atom stereocenters. The number of amides is 3. The molecule has 209 valence electrons. The average Bonchev–Trinajstić information content (AvgIpc) is 3.44. The quantitative estimate of drug-likeness (QED) is 0.435. The second kappa shape index (κ2) is 12.3. The van der Waals surface area contributed by atoms with Crippen molar-refractivity contribution in [1.82, 2.24) is 20.1 Å². The summed E-state index contributed by atoms with van der Waals surface area (Å²) in [4.78, 5) is 40.2. The summed E-state index contributed by atoms with van der Waals surface area (Å²) in [5.41, 5.74) is 3.84. The SMILES string of the molecule is COCC(C)NC(=O)Nc1cccc(N2C=C(Nc3ccc(C(=O)N4CCOCC4)cn3)C3=NC=C[N+]3C2)c1C. The summed E-state index contributed by atoms with van der Waals surface area (Å²) in [7, 11) is 1.60. The lowest BCUT2D eigenvalue weighted by Gasteiger charge is -2.28. The van der Waals surface area contributed by atoms with Crippen molar-refractivity contribution in [3.63, 3.8) is 0 Å². The Hall–Kier alpha value is -4.26. The van der Waals surface area contributed by atoms with Crippen molar-refractivity contribution in [3.05, 3.63) is 72.0 Å². The molecular formula is C28H34N8O4+. The van der Waals surface area contributed by atoms with Gasteiger partial charge in [0, 0.05) is 38.3 Å². The Morgan fingerprint density at radius 2 is 2.02 bits per heavy atom. The minimum Gasteiger partial charge on any atom is -0.383 e. The molecule has 1 aromatic heterocycles. The number of aliphatic imine (C=N–C) groups is 1. The fraction of sp³-hybridized carbons (Fsp3) is 0.357. The maximum absolute atomic E-state index is 12.8. The molecule has 40 heavy (non-hydrogen) atoms. The van der Waals surface area contributed by atoms with E-state index < -0.39 is 0 Å². The summed E-state index contributed by atoms with van der Waals surface area (Å²) in [6.45, 7) is 7.09. The number of hydrogen-bond acceptors (Lipinski definition) is 9. The van der Waals surface area contributed by atoms with E-state index >= 15 is 0 Å².